The van der Waals surface area contributed by atoms with E-state index in [-0.39, 0.29) is 12.5 Å². The second-order valence-corrected chi connectivity index (χ2v) is 6.46. The van der Waals surface area contributed by atoms with Crippen molar-refractivity contribution in [2.75, 3.05) is 5.75 Å². The maximum absolute atomic E-state index is 11.7. The molecule has 0 fully saturated rings. The fraction of sp³-hybridized carbons (Fsp3) is 0.467. The third kappa shape index (κ3) is 7.19. The molecule has 0 saturated carbocycles. The van der Waals surface area contributed by atoms with Gasteiger partial charge in [0.2, 0.25) is 0 Å². The molecule has 0 saturated heterocycles. The first kappa shape index (κ1) is 16.6. The lowest BCUT2D eigenvalue weighted by atomic mass is 10.2. The molecule has 0 aliphatic carbocycles. The minimum Gasteiger partial charge on any atom is -0.444 e. The number of carbonyl (C=O) groups is 2. The summed E-state index contributed by atoms with van der Waals surface area (Å²) in [6.45, 7) is 5.42. The number of hydrogen-bond donors (Lipinski definition) is 1. The first-order valence-electron chi connectivity index (χ1n) is 6.51. The van der Waals surface area contributed by atoms with Gasteiger partial charge in [-0.2, -0.15) is 0 Å². The van der Waals surface area contributed by atoms with Gasteiger partial charge >= 0.3 is 6.09 Å². The summed E-state index contributed by atoms with van der Waals surface area (Å²) in [5, 5.41) is 2.73. The van der Waals surface area contributed by atoms with Gasteiger partial charge in [-0.1, -0.05) is 18.2 Å². The van der Waals surface area contributed by atoms with Crippen molar-refractivity contribution < 1.29 is 14.3 Å². The van der Waals surface area contributed by atoms with E-state index in [0.29, 0.717) is 5.75 Å². The van der Waals surface area contributed by atoms with Crippen molar-refractivity contribution in [1.82, 2.24) is 5.32 Å². The standard InChI is InChI=1S/C15H21NO3S/c1-15(2,3)19-14(18)16-12(9-10-17)11-20-13-7-5-4-6-8-13/h4-8,10,12H,9,11H2,1-3H3,(H,16,18)/t12-/m1/s1. The first-order chi connectivity index (χ1) is 9.40. The van der Waals surface area contributed by atoms with Crippen molar-refractivity contribution >= 4 is 24.1 Å². The van der Waals surface area contributed by atoms with Gasteiger partial charge in [0, 0.05) is 23.1 Å². The largest absolute Gasteiger partial charge is 0.444 e. The first-order valence-corrected chi connectivity index (χ1v) is 7.50. The van der Waals surface area contributed by atoms with Crippen molar-refractivity contribution in [3.63, 3.8) is 0 Å². The third-order valence-corrected chi connectivity index (χ3v) is 3.47. The molecule has 0 bridgehead atoms. The van der Waals surface area contributed by atoms with Gasteiger partial charge in [0.25, 0.3) is 0 Å². The highest BCUT2D eigenvalue weighted by Crippen LogP contribution is 2.18. The van der Waals surface area contributed by atoms with Gasteiger partial charge in [-0.15, -0.1) is 11.8 Å². The van der Waals surface area contributed by atoms with Gasteiger partial charge in [0.05, 0.1) is 0 Å². The third-order valence-electron chi connectivity index (χ3n) is 2.30. The molecule has 1 rings (SSSR count). The van der Waals surface area contributed by atoms with Crippen LogP contribution in [0.4, 0.5) is 4.79 Å². The molecule has 0 unspecified atom stereocenters. The number of benzene rings is 1. The van der Waals surface area contributed by atoms with Crippen LogP contribution >= 0.6 is 11.8 Å². The zero-order valence-corrected chi connectivity index (χ0v) is 12.9. The van der Waals surface area contributed by atoms with Gasteiger partial charge in [0.15, 0.2) is 0 Å². The summed E-state index contributed by atoms with van der Waals surface area (Å²) in [6.07, 6.45) is 0.602. The molecule has 1 atom stereocenters. The van der Waals surface area contributed by atoms with Crippen LogP contribution in [0.2, 0.25) is 0 Å². The summed E-state index contributed by atoms with van der Waals surface area (Å²) >= 11 is 1.60. The lowest BCUT2D eigenvalue weighted by Gasteiger charge is -2.22. The fourth-order valence-electron chi connectivity index (χ4n) is 1.47. The predicted octanol–water partition coefficient (Wildman–Crippen LogP) is 3.26. The maximum atomic E-state index is 11.7. The molecular weight excluding hydrogens is 274 g/mol. The van der Waals surface area contributed by atoms with Gasteiger partial charge in [-0.25, -0.2) is 4.79 Å². The minimum absolute atomic E-state index is 0.229. The summed E-state index contributed by atoms with van der Waals surface area (Å²) in [5.41, 5.74) is -0.539. The molecule has 4 nitrogen and oxygen atoms in total. The highest BCUT2D eigenvalue weighted by Gasteiger charge is 2.19. The smallest absolute Gasteiger partial charge is 0.407 e. The van der Waals surface area contributed by atoms with Gasteiger partial charge in [0.1, 0.15) is 11.9 Å². The average Bonchev–Trinajstić information content (AvgIpc) is 2.35. The van der Waals surface area contributed by atoms with Crippen LogP contribution in [0.5, 0.6) is 0 Å². The number of carbonyl (C=O) groups excluding carboxylic acids is 2. The molecule has 20 heavy (non-hydrogen) atoms. The highest BCUT2D eigenvalue weighted by molar-refractivity contribution is 7.99. The Hall–Kier alpha value is -1.49. The Kier molecular flexibility index (Phi) is 6.58. The molecule has 0 aromatic heterocycles. The quantitative estimate of drug-likeness (QED) is 0.646. The predicted molar refractivity (Wildman–Crippen MR) is 81.0 cm³/mol. The van der Waals surface area contributed by atoms with Gasteiger partial charge in [-0.3, -0.25) is 0 Å². The Labute approximate surface area is 124 Å². The molecule has 0 aliphatic rings. The van der Waals surface area contributed by atoms with E-state index in [0.717, 1.165) is 11.2 Å². The molecule has 0 aliphatic heterocycles. The second kappa shape index (κ2) is 7.94. The number of amides is 1. The lowest BCUT2D eigenvalue weighted by molar-refractivity contribution is -0.108. The molecule has 1 aromatic carbocycles. The second-order valence-electron chi connectivity index (χ2n) is 5.37. The van der Waals surface area contributed by atoms with Crippen molar-refractivity contribution in [2.24, 2.45) is 0 Å². The molecular formula is C15H21NO3S. The summed E-state index contributed by atoms with van der Waals surface area (Å²) in [4.78, 5) is 23.5. The zero-order valence-electron chi connectivity index (χ0n) is 12.1. The van der Waals surface area contributed by atoms with Crippen LogP contribution in [0, 0.1) is 0 Å². The summed E-state index contributed by atoms with van der Waals surface area (Å²) in [6, 6.07) is 9.63. The molecule has 1 aromatic rings. The van der Waals surface area contributed by atoms with Crippen molar-refractivity contribution in [3.05, 3.63) is 30.3 Å². The van der Waals surface area contributed by atoms with Crippen molar-refractivity contribution in [3.8, 4) is 0 Å². The van der Waals surface area contributed by atoms with E-state index in [1.54, 1.807) is 32.5 Å². The van der Waals surface area contributed by atoms with E-state index >= 15 is 0 Å². The number of thioether (sulfide) groups is 1. The lowest BCUT2D eigenvalue weighted by Crippen LogP contribution is -2.40. The van der Waals surface area contributed by atoms with Crippen LogP contribution in [-0.4, -0.2) is 29.8 Å². The van der Waals surface area contributed by atoms with Gasteiger partial charge < -0.3 is 14.8 Å². The molecule has 5 heteroatoms. The Morgan fingerprint density at radius 3 is 2.55 bits per heavy atom. The van der Waals surface area contributed by atoms with Crippen LogP contribution in [-0.2, 0) is 9.53 Å². The van der Waals surface area contributed by atoms with E-state index in [1.165, 1.54) is 0 Å². The molecule has 0 heterocycles. The Morgan fingerprint density at radius 2 is 2.00 bits per heavy atom. The number of nitrogens with one attached hydrogen (secondary N) is 1. The topological polar surface area (TPSA) is 55.4 Å². The summed E-state index contributed by atoms with van der Waals surface area (Å²) < 4.78 is 5.19. The van der Waals surface area contributed by atoms with Crippen LogP contribution in [0.1, 0.15) is 27.2 Å². The fourth-order valence-corrected chi connectivity index (χ4v) is 2.44. The number of aldehydes is 1. The molecule has 0 radical (unpaired) electrons. The van der Waals surface area contributed by atoms with E-state index in [4.69, 9.17) is 4.74 Å². The zero-order chi connectivity index (χ0) is 15.0. The monoisotopic (exact) mass is 295 g/mol. The van der Waals surface area contributed by atoms with E-state index in [1.807, 2.05) is 30.3 Å². The minimum atomic E-state index is -0.539. The van der Waals surface area contributed by atoms with Crippen LogP contribution in [0.3, 0.4) is 0 Å². The molecule has 0 spiro atoms. The van der Waals surface area contributed by atoms with E-state index < -0.39 is 11.7 Å². The van der Waals surface area contributed by atoms with Crippen LogP contribution in [0.15, 0.2) is 35.2 Å². The van der Waals surface area contributed by atoms with E-state index in [2.05, 4.69) is 5.32 Å². The van der Waals surface area contributed by atoms with E-state index in [9.17, 15) is 9.59 Å². The average molecular weight is 295 g/mol. The number of ether oxygens (including phenoxy) is 1. The van der Waals surface area contributed by atoms with Crippen LogP contribution in [0.25, 0.3) is 0 Å². The Balaban J connectivity index is 2.48. The normalized spacial score (nSPS) is 12.6. The number of alkyl carbamates (subject to hydrolysis) is 1. The number of hydrogen-bond acceptors (Lipinski definition) is 4. The Bertz CT molecular complexity index is 428. The number of rotatable bonds is 6. The Morgan fingerprint density at radius 1 is 1.35 bits per heavy atom. The summed E-state index contributed by atoms with van der Waals surface area (Å²) in [7, 11) is 0. The van der Waals surface area contributed by atoms with Crippen LogP contribution < -0.4 is 5.32 Å². The van der Waals surface area contributed by atoms with Crippen molar-refractivity contribution in [2.45, 2.75) is 43.7 Å². The maximum Gasteiger partial charge on any atom is 0.407 e. The summed E-state index contributed by atoms with van der Waals surface area (Å²) in [5.74, 6) is 0.627. The molecule has 1 N–H and O–H groups in total. The molecule has 1 amide bonds. The highest BCUT2D eigenvalue weighted by atomic mass is 32.2. The van der Waals surface area contributed by atoms with Gasteiger partial charge in [-0.05, 0) is 32.9 Å². The SMILES string of the molecule is CC(C)(C)OC(=O)N[C@H](CC=O)CSc1ccccc1. The molecule has 110 valence electrons. The van der Waals surface area contributed by atoms with Crippen molar-refractivity contribution in [1.29, 1.82) is 0 Å².